The summed E-state index contributed by atoms with van der Waals surface area (Å²) in [5.74, 6) is 0.0164. The number of para-hydroxylation sites is 1. The Labute approximate surface area is 189 Å². The molecule has 7 heteroatoms. The molecular weight excluding hydrogens is 424 g/mol. The van der Waals surface area contributed by atoms with Crippen LogP contribution in [-0.2, 0) is 0 Å². The molecule has 1 N–H and O–H groups in total. The van der Waals surface area contributed by atoms with E-state index in [0.717, 1.165) is 16.1 Å². The summed E-state index contributed by atoms with van der Waals surface area (Å²) >= 11 is 1.39. The Morgan fingerprint density at radius 3 is 2.38 bits per heavy atom. The van der Waals surface area contributed by atoms with Crippen LogP contribution in [0.3, 0.4) is 0 Å². The van der Waals surface area contributed by atoms with E-state index >= 15 is 0 Å². The highest BCUT2D eigenvalue weighted by Crippen LogP contribution is 2.25. The normalized spacial score (nSPS) is 10.4. The molecule has 0 atom stereocenters. The molecule has 1 aromatic heterocycles. The lowest BCUT2D eigenvalue weighted by Gasteiger charge is -2.09. The van der Waals surface area contributed by atoms with Gasteiger partial charge in [0.25, 0.3) is 5.91 Å². The zero-order valence-electron chi connectivity index (χ0n) is 17.5. The van der Waals surface area contributed by atoms with Gasteiger partial charge in [-0.15, -0.1) is 11.3 Å². The predicted molar refractivity (Wildman–Crippen MR) is 125 cm³/mol. The summed E-state index contributed by atoms with van der Waals surface area (Å²) in [6.45, 7) is 2.02. The second kappa shape index (κ2) is 9.45. The van der Waals surface area contributed by atoms with Crippen molar-refractivity contribution in [1.82, 2.24) is 4.98 Å². The molecule has 0 aliphatic heterocycles. The Balaban J connectivity index is 1.40. The summed E-state index contributed by atoms with van der Waals surface area (Å²) in [6, 6.07) is 21.5. The van der Waals surface area contributed by atoms with Gasteiger partial charge in [-0.3, -0.25) is 4.79 Å². The number of esters is 1. The monoisotopic (exact) mass is 444 g/mol. The minimum atomic E-state index is -0.537. The maximum Gasteiger partial charge on any atom is 0.363 e. The van der Waals surface area contributed by atoms with E-state index in [0.29, 0.717) is 22.7 Å². The minimum absolute atomic E-state index is 0.249. The van der Waals surface area contributed by atoms with Gasteiger partial charge in [0.2, 0.25) is 0 Å². The molecule has 1 amide bonds. The number of nitrogens with one attached hydrogen (secondary N) is 1. The van der Waals surface area contributed by atoms with E-state index in [4.69, 9.17) is 9.47 Å². The molecule has 4 aromatic rings. The number of ether oxygens (including phenoxy) is 2. The van der Waals surface area contributed by atoms with Crippen molar-refractivity contribution >= 4 is 28.9 Å². The topological polar surface area (TPSA) is 77.5 Å². The number of anilines is 1. The van der Waals surface area contributed by atoms with Crippen LogP contribution in [0.15, 0.2) is 78.2 Å². The van der Waals surface area contributed by atoms with Crippen molar-refractivity contribution in [2.24, 2.45) is 0 Å². The van der Waals surface area contributed by atoms with Crippen molar-refractivity contribution in [3.05, 3.63) is 95.0 Å². The third kappa shape index (κ3) is 4.84. The lowest BCUT2D eigenvalue weighted by molar-refractivity contribution is 0.0729. The van der Waals surface area contributed by atoms with Gasteiger partial charge in [0.05, 0.1) is 12.7 Å². The minimum Gasteiger partial charge on any atom is -0.496 e. The number of rotatable bonds is 6. The Hall–Kier alpha value is -3.97. The van der Waals surface area contributed by atoms with Gasteiger partial charge in [-0.1, -0.05) is 42.0 Å². The van der Waals surface area contributed by atoms with Gasteiger partial charge in [-0.25, -0.2) is 9.78 Å². The maximum atomic E-state index is 12.5. The second-order valence-corrected chi connectivity index (χ2v) is 7.83. The van der Waals surface area contributed by atoms with E-state index in [1.807, 2.05) is 31.2 Å². The standard InChI is InChI=1S/C25H20N2O4S/c1-16-7-9-17(10-8-16)24-27-21(15-32-24)25(29)31-19-13-11-18(12-14-19)26-23(28)20-5-3-4-6-22(20)30-2/h3-15H,1-2H3,(H,26,28). The van der Waals surface area contributed by atoms with Gasteiger partial charge in [-0.05, 0) is 43.3 Å². The van der Waals surface area contributed by atoms with Crippen molar-refractivity contribution in [2.75, 3.05) is 12.4 Å². The average Bonchev–Trinajstić information content (AvgIpc) is 3.31. The van der Waals surface area contributed by atoms with Gasteiger partial charge in [0.1, 0.15) is 16.5 Å². The quantitative estimate of drug-likeness (QED) is 0.309. The zero-order chi connectivity index (χ0) is 22.5. The third-order valence-electron chi connectivity index (χ3n) is 4.69. The highest BCUT2D eigenvalue weighted by molar-refractivity contribution is 7.13. The Kier molecular flexibility index (Phi) is 6.28. The summed E-state index contributed by atoms with van der Waals surface area (Å²) < 4.78 is 10.6. The van der Waals surface area contributed by atoms with Crippen LogP contribution in [-0.4, -0.2) is 24.0 Å². The largest absolute Gasteiger partial charge is 0.496 e. The van der Waals surface area contributed by atoms with Gasteiger partial charge in [0.15, 0.2) is 5.69 Å². The van der Waals surface area contributed by atoms with Crippen LogP contribution in [0, 0.1) is 6.92 Å². The molecule has 0 radical (unpaired) electrons. The van der Waals surface area contributed by atoms with Crippen molar-refractivity contribution < 1.29 is 19.1 Å². The van der Waals surface area contributed by atoms with E-state index in [-0.39, 0.29) is 11.6 Å². The first-order valence-corrected chi connectivity index (χ1v) is 10.7. The number of hydrogen-bond acceptors (Lipinski definition) is 6. The molecule has 0 spiro atoms. The molecule has 0 unspecified atom stereocenters. The van der Waals surface area contributed by atoms with Gasteiger partial charge in [-0.2, -0.15) is 0 Å². The van der Waals surface area contributed by atoms with Gasteiger partial charge in [0, 0.05) is 16.6 Å². The number of carbonyl (C=O) groups excluding carboxylic acids is 2. The summed E-state index contributed by atoms with van der Waals surface area (Å²) in [4.78, 5) is 29.4. The average molecular weight is 445 g/mol. The van der Waals surface area contributed by atoms with Crippen LogP contribution < -0.4 is 14.8 Å². The number of aromatic nitrogens is 1. The van der Waals surface area contributed by atoms with Gasteiger partial charge >= 0.3 is 5.97 Å². The predicted octanol–water partition coefficient (Wildman–Crippen LogP) is 5.60. The molecule has 32 heavy (non-hydrogen) atoms. The van der Waals surface area contributed by atoms with Crippen molar-refractivity contribution in [1.29, 1.82) is 0 Å². The summed E-state index contributed by atoms with van der Waals surface area (Å²) in [5, 5.41) is 5.24. The lowest BCUT2D eigenvalue weighted by Crippen LogP contribution is -2.13. The molecule has 0 fully saturated rings. The van der Waals surface area contributed by atoms with E-state index in [9.17, 15) is 9.59 Å². The van der Waals surface area contributed by atoms with Crippen LogP contribution in [0.5, 0.6) is 11.5 Å². The Morgan fingerprint density at radius 2 is 1.66 bits per heavy atom. The fourth-order valence-corrected chi connectivity index (χ4v) is 3.79. The molecule has 3 aromatic carbocycles. The SMILES string of the molecule is COc1ccccc1C(=O)Nc1ccc(OC(=O)c2csc(-c3ccc(C)cc3)n2)cc1. The number of methoxy groups -OCH3 is 1. The van der Waals surface area contributed by atoms with E-state index in [1.54, 1.807) is 53.9 Å². The van der Waals surface area contributed by atoms with E-state index in [1.165, 1.54) is 18.4 Å². The molecule has 0 bridgehead atoms. The summed E-state index contributed by atoms with van der Waals surface area (Å²) in [7, 11) is 1.52. The molecule has 0 aliphatic rings. The Bertz CT molecular complexity index is 1250. The third-order valence-corrected chi connectivity index (χ3v) is 5.58. The van der Waals surface area contributed by atoms with Crippen molar-refractivity contribution in [3.63, 3.8) is 0 Å². The van der Waals surface area contributed by atoms with Crippen LogP contribution >= 0.6 is 11.3 Å². The van der Waals surface area contributed by atoms with Crippen LogP contribution in [0.2, 0.25) is 0 Å². The smallest absolute Gasteiger partial charge is 0.363 e. The van der Waals surface area contributed by atoms with Crippen molar-refractivity contribution in [2.45, 2.75) is 6.92 Å². The fraction of sp³-hybridized carbons (Fsp3) is 0.0800. The zero-order valence-corrected chi connectivity index (χ0v) is 18.3. The second-order valence-electron chi connectivity index (χ2n) is 6.97. The van der Waals surface area contributed by atoms with Gasteiger partial charge < -0.3 is 14.8 Å². The highest BCUT2D eigenvalue weighted by Gasteiger charge is 2.15. The first kappa shape index (κ1) is 21.3. The molecule has 1 heterocycles. The van der Waals surface area contributed by atoms with Crippen molar-refractivity contribution in [3.8, 4) is 22.1 Å². The number of carbonyl (C=O) groups is 2. The summed E-state index contributed by atoms with van der Waals surface area (Å²) in [6.07, 6.45) is 0. The molecule has 0 saturated carbocycles. The molecule has 0 aliphatic carbocycles. The van der Waals surface area contributed by atoms with Crippen LogP contribution in [0.25, 0.3) is 10.6 Å². The molecular formula is C25H20N2O4S. The molecule has 4 rings (SSSR count). The number of nitrogens with zero attached hydrogens (tertiary/aromatic N) is 1. The summed E-state index contributed by atoms with van der Waals surface area (Å²) in [5.41, 5.74) is 3.36. The molecule has 6 nitrogen and oxygen atoms in total. The van der Waals surface area contributed by atoms with E-state index < -0.39 is 5.97 Å². The number of amides is 1. The molecule has 0 saturated heterocycles. The van der Waals surface area contributed by atoms with E-state index in [2.05, 4.69) is 10.3 Å². The fourth-order valence-electron chi connectivity index (χ4n) is 2.99. The number of benzene rings is 3. The number of aryl methyl sites for hydroxylation is 1. The highest BCUT2D eigenvalue weighted by atomic mass is 32.1. The number of thiazole rings is 1. The maximum absolute atomic E-state index is 12.5. The lowest BCUT2D eigenvalue weighted by atomic mass is 10.2. The van der Waals surface area contributed by atoms with Crippen LogP contribution in [0.1, 0.15) is 26.4 Å². The first-order valence-electron chi connectivity index (χ1n) is 9.82. The number of hydrogen-bond donors (Lipinski definition) is 1. The molecule has 160 valence electrons. The van der Waals surface area contributed by atoms with Crippen LogP contribution in [0.4, 0.5) is 5.69 Å². The Morgan fingerprint density at radius 1 is 0.938 bits per heavy atom. The first-order chi connectivity index (χ1) is 15.5.